The zero-order valence-electron chi connectivity index (χ0n) is 33.7. The summed E-state index contributed by atoms with van der Waals surface area (Å²) in [5.74, 6) is 2.48. The van der Waals surface area contributed by atoms with Crippen LogP contribution in [0.2, 0.25) is 0 Å². The van der Waals surface area contributed by atoms with Crippen LogP contribution in [0.3, 0.4) is 0 Å². The van der Waals surface area contributed by atoms with Crippen LogP contribution in [0.15, 0.2) is 133 Å². The van der Waals surface area contributed by atoms with Crippen LogP contribution in [-0.4, -0.2) is 21.3 Å². The number of allylic oxidation sites excluding steroid dienone is 1. The Labute approximate surface area is 327 Å². The lowest BCUT2D eigenvalue weighted by atomic mass is 9.55. The van der Waals surface area contributed by atoms with E-state index in [4.69, 9.17) is 14.2 Å². The monoisotopic (exact) mass is 724 g/mol. The molecule has 0 amide bonds. The molecule has 0 radical (unpaired) electrons. The van der Waals surface area contributed by atoms with Crippen molar-refractivity contribution >= 4 is 6.08 Å². The Hall–Kier alpha value is -5.54. The zero-order chi connectivity index (χ0) is 38.7. The molecule has 0 aromatic heterocycles. The molecule has 6 aromatic rings. The third-order valence-corrected chi connectivity index (χ3v) is 12.2. The summed E-state index contributed by atoms with van der Waals surface area (Å²) in [5.41, 5.74) is 14.8. The molecule has 0 bridgehead atoms. The topological polar surface area (TPSA) is 27.7 Å². The van der Waals surface area contributed by atoms with Crippen LogP contribution in [0, 0.1) is 0 Å². The van der Waals surface area contributed by atoms with Crippen molar-refractivity contribution in [2.45, 2.75) is 69.6 Å². The molecule has 1 atom stereocenters. The van der Waals surface area contributed by atoms with Crippen molar-refractivity contribution in [1.29, 1.82) is 0 Å². The van der Waals surface area contributed by atoms with E-state index in [0.717, 1.165) is 17.2 Å². The van der Waals surface area contributed by atoms with Gasteiger partial charge >= 0.3 is 0 Å². The molecule has 0 fully saturated rings. The fourth-order valence-electron chi connectivity index (χ4n) is 9.21. The summed E-state index contributed by atoms with van der Waals surface area (Å²) in [4.78, 5) is 0. The summed E-state index contributed by atoms with van der Waals surface area (Å²) in [7, 11) is 5.20. The minimum Gasteiger partial charge on any atom is -0.497 e. The standard InChI is InChI=1S/C52H52O3/c1-50(2,3)36-19-27-43-44-28-20-37(51(4,5)6)32-47(44)49(46(43)31-36)52(34-15-23-39(54-8)24-16-34,35-17-25-40(55-9)26-18-35)48-30-29-42-41(11-10-12-45(42)48)33-13-21-38(53-7)22-14-33/h10-32,48-49H,1-9H3. The van der Waals surface area contributed by atoms with E-state index in [-0.39, 0.29) is 22.7 Å². The summed E-state index contributed by atoms with van der Waals surface area (Å²) >= 11 is 0. The van der Waals surface area contributed by atoms with E-state index in [2.05, 4.69) is 181 Å². The minimum absolute atomic E-state index is 0.0251. The average Bonchev–Trinajstić information content (AvgIpc) is 3.78. The number of benzene rings is 6. The molecule has 8 rings (SSSR count). The predicted molar refractivity (Wildman–Crippen MR) is 228 cm³/mol. The Kier molecular flexibility index (Phi) is 9.04. The molecule has 0 saturated heterocycles. The van der Waals surface area contributed by atoms with E-state index >= 15 is 0 Å². The third-order valence-electron chi connectivity index (χ3n) is 12.2. The summed E-state index contributed by atoms with van der Waals surface area (Å²) < 4.78 is 17.1. The summed E-state index contributed by atoms with van der Waals surface area (Å²) in [6.07, 6.45) is 4.85. The lowest BCUT2D eigenvalue weighted by Gasteiger charge is -2.46. The molecule has 3 heteroatoms. The molecule has 6 aromatic carbocycles. The second-order valence-electron chi connectivity index (χ2n) is 17.2. The molecule has 2 aliphatic carbocycles. The number of hydrogen-bond acceptors (Lipinski definition) is 3. The minimum atomic E-state index is -0.591. The highest BCUT2D eigenvalue weighted by molar-refractivity contribution is 5.85. The fourth-order valence-corrected chi connectivity index (χ4v) is 9.21. The number of fused-ring (bicyclic) bond motifs is 4. The fraction of sp³-hybridized carbons (Fsp3) is 0.269. The van der Waals surface area contributed by atoms with Crippen molar-refractivity contribution in [1.82, 2.24) is 0 Å². The molecule has 0 spiro atoms. The first-order valence-corrected chi connectivity index (χ1v) is 19.4. The molecular weight excluding hydrogens is 673 g/mol. The number of methoxy groups -OCH3 is 3. The Morgan fingerprint density at radius 3 is 1.31 bits per heavy atom. The highest BCUT2D eigenvalue weighted by atomic mass is 16.5. The predicted octanol–water partition coefficient (Wildman–Crippen LogP) is 12.9. The van der Waals surface area contributed by atoms with Gasteiger partial charge in [0.2, 0.25) is 0 Å². The molecule has 55 heavy (non-hydrogen) atoms. The van der Waals surface area contributed by atoms with Gasteiger partial charge in [-0.15, -0.1) is 0 Å². The molecule has 2 aliphatic rings. The van der Waals surface area contributed by atoms with E-state index in [9.17, 15) is 0 Å². The van der Waals surface area contributed by atoms with Crippen LogP contribution in [-0.2, 0) is 16.2 Å². The Bertz CT molecular complexity index is 2270. The van der Waals surface area contributed by atoms with E-state index in [0.29, 0.717) is 0 Å². The van der Waals surface area contributed by atoms with Crippen molar-refractivity contribution in [3.63, 3.8) is 0 Å². The Balaban J connectivity index is 1.50. The van der Waals surface area contributed by atoms with Gasteiger partial charge in [-0.3, -0.25) is 0 Å². The van der Waals surface area contributed by atoms with Gasteiger partial charge in [0.05, 0.1) is 21.3 Å². The van der Waals surface area contributed by atoms with Crippen LogP contribution in [0.4, 0.5) is 0 Å². The van der Waals surface area contributed by atoms with Crippen molar-refractivity contribution in [3.8, 4) is 39.5 Å². The van der Waals surface area contributed by atoms with Gasteiger partial charge in [0.25, 0.3) is 0 Å². The van der Waals surface area contributed by atoms with Gasteiger partial charge in [-0.1, -0.05) is 145 Å². The van der Waals surface area contributed by atoms with Crippen molar-refractivity contribution < 1.29 is 14.2 Å². The second kappa shape index (κ2) is 13.6. The Morgan fingerprint density at radius 1 is 0.436 bits per heavy atom. The van der Waals surface area contributed by atoms with Gasteiger partial charge < -0.3 is 14.2 Å². The largest absolute Gasteiger partial charge is 0.497 e. The normalized spacial score (nSPS) is 15.0. The van der Waals surface area contributed by atoms with Gasteiger partial charge in [0.15, 0.2) is 0 Å². The first kappa shape index (κ1) is 36.4. The van der Waals surface area contributed by atoms with Gasteiger partial charge in [0.1, 0.15) is 17.2 Å². The van der Waals surface area contributed by atoms with Crippen LogP contribution in [0.1, 0.15) is 97.9 Å². The molecular formula is C52H52O3. The quantitative estimate of drug-likeness (QED) is 0.156. The van der Waals surface area contributed by atoms with Gasteiger partial charge in [-0.25, -0.2) is 0 Å². The number of ether oxygens (including phenoxy) is 3. The van der Waals surface area contributed by atoms with E-state index in [1.807, 2.05) is 0 Å². The first-order valence-electron chi connectivity index (χ1n) is 19.4. The maximum Gasteiger partial charge on any atom is 0.118 e. The van der Waals surface area contributed by atoms with Gasteiger partial charge in [-0.05, 0) is 114 Å². The molecule has 0 aliphatic heterocycles. The molecule has 278 valence electrons. The molecule has 0 saturated carbocycles. The lowest BCUT2D eigenvalue weighted by Crippen LogP contribution is -2.40. The second-order valence-corrected chi connectivity index (χ2v) is 17.2. The smallest absolute Gasteiger partial charge is 0.118 e. The number of rotatable bonds is 8. The molecule has 1 unspecified atom stereocenters. The average molecular weight is 725 g/mol. The van der Waals surface area contributed by atoms with Crippen LogP contribution in [0.25, 0.3) is 28.3 Å². The first-order chi connectivity index (χ1) is 26.4. The summed E-state index contributed by atoms with van der Waals surface area (Å²) in [6.45, 7) is 13.9. The van der Waals surface area contributed by atoms with E-state index < -0.39 is 5.41 Å². The van der Waals surface area contributed by atoms with Crippen molar-refractivity contribution in [2.75, 3.05) is 21.3 Å². The highest BCUT2D eigenvalue weighted by Gasteiger charge is 2.54. The summed E-state index contributed by atoms with van der Waals surface area (Å²) in [5, 5.41) is 0. The lowest BCUT2D eigenvalue weighted by molar-refractivity contribution is 0.402. The molecule has 0 N–H and O–H groups in total. The van der Waals surface area contributed by atoms with Crippen LogP contribution < -0.4 is 14.2 Å². The zero-order valence-corrected chi connectivity index (χ0v) is 33.7. The molecule has 3 nitrogen and oxygen atoms in total. The van der Waals surface area contributed by atoms with Gasteiger partial charge in [-0.2, -0.15) is 0 Å². The van der Waals surface area contributed by atoms with Crippen molar-refractivity contribution in [2.24, 2.45) is 0 Å². The van der Waals surface area contributed by atoms with Crippen molar-refractivity contribution in [3.05, 3.63) is 178 Å². The highest BCUT2D eigenvalue weighted by Crippen LogP contribution is 2.64. The Morgan fingerprint density at radius 2 is 0.873 bits per heavy atom. The summed E-state index contributed by atoms with van der Waals surface area (Å²) in [6, 6.07) is 47.5. The molecule has 0 heterocycles. The SMILES string of the molecule is COc1ccc(-c2cccc3c2C=CC3C(c2ccc(OC)cc2)(c2ccc(OC)cc2)C2c3cc(C(C)(C)C)ccc3-c3ccc(C(C)(C)C)cc32)cc1. The van der Waals surface area contributed by atoms with Crippen LogP contribution in [0.5, 0.6) is 17.2 Å². The number of hydrogen-bond donors (Lipinski definition) is 0. The maximum absolute atomic E-state index is 5.79. The maximum atomic E-state index is 5.79. The third kappa shape index (κ3) is 6.05. The van der Waals surface area contributed by atoms with E-state index in [1.165, 1.54) is 66.8 Å². The van der Waals surface area contributed by atoms with Gasteiger partial charge in [0, 0.05) is 17.3 Å². The van der Waals surface area contributed by atoms with E-state index in [1.54, 1.807) is 21.3 Å². The van der Waals surface area contributed by atoms with Crippen LogP contribution >= 0.6 is 0 Å².